The number of nitriles is 2. The number of nitrogens with one attached hydrogen (secondary N) is 1. The largest absolute Gasteiger partial charge is 0.380 e. The van der Waals surface area contributed by atoms with E-state index in [0.29, 0.717) is 51.4 Å². The summed E-state index contributed by atoms with van der Waals surface area (Å²) in [4.78, 5) is 11.5. The van der Waals surface area contributed by atoms with Crippen LogP contribution in [0.1, 0.15) is 42.6 Å². The molecule has 9 heteroatoms. The van der Waals surface area contributed by atoms with E-state index in [1.165, 1.54) is 0 Å². The van der Waals surface area contributed by atoms with E-state index < -0.39 is 0 Å². The van der Waals surface area contributed by atoms with Crippen LogP contribution in [0.3, 0.4) is 0 Å². The van der Waals surface area contributed by atoms with Gasteiger partial charge in [0, 0.05) is 37.2 Å². The van der Waals surface area contributed by atoms with Crippen LogP contribution in [0.25, 0.3) is 22.4 Å². The summed E-state index contributed by atoms with van der Waals surface area (Å²) in [6.07, 6.45) is 4.24. The molecule has 0 bridgehead atoms. The minimum absolute atomic E-state index is 0.382. The smallest absolute Gasteiger partial charge is 0.261 e. The first-order valence-electron chi connectivity index (χ1n) is 11.3. The Balaban J connectivity index is 1.47. The molecule has 168 valence electrons. The highest BCUT2D eigenvalue weighted by atomic mass is 16.5. The number of anilines is 1. The number of aryl methyl sites for hydroxylation is 1. The summed E-state index contributed by atoms with van der Waals surface area (Å²) < 4.78 is 11.1. The van der Waals surface area contributed by atoms with Gasteiger partial charge in [0.25, 0.3) is 5.89 Å². The van der Waals surface area contributed by atoms with Gasteiger partial charge in [-0.25, -0.2) is 4.98 Å². The quantitative estimate of drug-likeness (QED) is 0.647. The van der Waals surface area contributed by atoms with Crippen LogP contribution < -0.4 is 10.2 Å². The van der Waals surface area contributed by atoms with Crippen molar-refractivity contribution in [3.63, 3.8) is 0 Å². The fraction of sp³-hybridized carbons (Fsp3) is 0.458. The third-order valence-corrected chi connectivity index (χ3v) is 6.33. The van der Waals surface area contributed by atoms with Gasteiger partial charge in [-0.15, -0.1) is 0 Å². The summed E-state index contributed by atoms with van der Waals surface area (Å²) in [6, 6.07) is 10.4. The molecule has 4 heterocycles. The number of hydrogen-bond donors (Lipinski definition) is 1. The molecular weight excluding hydrogens is 418 g/mol. The van der Waals surface area contributed by atoms with Gasteiger partial charge in [-0.05, 0) is 50.8 Å². The van der Waals surface area contributed by atoms with Gasteiger partial charge in [-0.3, -0.25) is 0 Å². The normalized spacial score (nSPS) is 19.4. The zero-order valence-electron chi connectivity index (χ0n) is 18.5. The summed E-state index contributed by atoms with van der Waals surface area (Å²) >= 11 is 0. The first kappa shape index (κ1) is 21.3. The molecule has 33 heavy (non-hydrogen) atoms. The molecule has 1 N–H and O–H groups in total. The standard InChI is InChI=1S/C24H25N7O2/c1-15-27-24(33-30-15)21-11-17-9-16(12-25)10-18(13-26)22(17)29-23(21)31-6-4-19(5-7-31)28-20-3-2-8-32-14-20/h9-11,19-20,28H,2-8,14H2,1H3/t20-/m1/s1. The van der Waals surface area contributed by atoms with Crippen molar-refractivity contribution < 1.29 is 9.26 Å². The Hall–Kier alpha value is -3.53. The van der Waals surface area contributed by atoms with Crippen molar-refractivity contribution in [2.75, 3.05) is 31.2 Å². The van der Waals surface area contributed by atoms with Gasteiger partial charge in [0.2, 0.25) is 0 Å². The zero-order chi connectivity index (χ0) is 22.8. The molecule has 1 atom stereocenters. The van der Waals surface area contributed by atoms with Gasteiger partial charge in [0.15, 0.2) is 5.82 Å². The van der Waals surface area contributed by atoms with Gasteiger partial charge < -0.3 is 19.5 Å². The van der Waals surface area contributed by atoms with Crippen molar-refractivity contribution in [1.82, 2.24) is 20.4 Å². The molecule has 9 nitrogen and oxygen atoms in total. The third-order valence-electron chi connectivity index (χ3n) is 6.33. The summed E-state index contributed by atoms with van der Waals surface area (Å²) in [5.41, 5.74) is 2.09. The second-order valence-corrected chi connectivity index (χ2v) is 8.67. The first-order chi connectivity index (χ1) is 16.1. The summed E-state index contributed by atoms with van der Waals surface area (Å²) in [7, 11) is 0. The van der Waals surface area contributed by atoms with Crippen LogP contribution in [0.2, 0.25) is 0 Å². The molecule has 1 aromatic carbocycles. The molecule has 0 saturated carbocycles. The first-order valence-corrected chi connectivity index (χ1v) is 11.3. The molecule has 0 aliphatic carbocycles. The van der Waals surface area contributed by atoms with Crippen molar-refractivity contribution in [2.24, 2.45) is 0 Å². The molecule has 0 amide bonds. The number of hydrogen-bond acceptors (Lipinski definition) is 9. The Morgan fingerprint density at radius 2 is 1.91 bits per heavy atom. The van der Waals surface area contributed by atoms with Crippen LogP contribution in [-0.2, 0) is 4.74 Å². The molecule has 2 aliphatic heterocycles. The van der Waals surface area contributed by atoms with Gasteiger partial charge in [0.05, 0.1) is 34.9 Å². The highest BCUT2D eigenvalue weighted by Crippen LogP contribution is 2.34. The van der Waals surface area contributed by atoms with Crippen LogP contribution in [0.4, 0.5) is 5.82 Å². The van der Waals surface area contributed by atoms with Crippen LogP contribution in [-0.4, -0.2) is 53.5 Å². The third kappa shape index (κ3) is 4.38. The number of nitrogens with zero attached hydrogens (tertiary/aromatic N) is 6. The van der Waals surface area contributed by atoms with Crippen LogP contribution in [0.5, 0.6) is 0 Å². The van der Waals surface area contributed by atoms with Gasteiger partial charge >= 0.3 is 0 Å². The van der Waals surface area contributed by atoms with E-state index in [9.17, 15) is 10.5 Å². The highest BCUT2D eigenvalue weighted by molar-refractivity contribution is 5.92. The van der Waals surface area contributed by atoms with Gasteiger partial charge in [-0.1, -0.05) is 5.16 Å². The number of benzene rings is 1. The van der Waals surface area contributed by atoms with E-state index in [2.05, 4.69) is 32.5 Å². The molecular formula is C24H25N7O2. The minimum atomic E-state index is 0.382. The van der Waals surface area contributed by atoms with Gasteiger partial charge in [0.1, 0.15) is 11.9 Å². The molecule has 2 aliphatic rings. The fourth-order valence-electron chi connectivity index (χ4n) is 4.70. The van der Waals surface area contributed by atoms with E-state index in [4.69, 9.17) is 14.2 Å². The van der Waals surface area contributed by atoms with Crippen LogP contribution in [0, 0.1) is 29.6 Å². The van der Waals surface area contributed by atoms with Crippen molar-refractivity contribution >= 4 is 16.7 Å². The average Bonchev–Trinajstić information content (AvgIpc) is 3.29. The highest BCUT2D eigenvalue weighted by Gasteiger charge is 2.27. The van der Waals surface area contributed by atoms with E-state index in [1.54, 1.807) is 19.1 Å². The maximum absolute atomic E-state index is 9.66. The second-order valence-electron chi connectivity index (χ2n) is 8.67. The van der Waals surface area contributed by atoms with Crippen molar-refractivity contribution in [2.45, 2.75) is 44.7 Å². The molecule has 3 aromatic rings. The Morgan fingerprint density at radius 3 is 2.58 bits per heavy atom. The van der Waals surface area contributed by atoms with E-state index in [-0.39, 0.29) is 0 Å². The molecule has 0 radical (unpaired) electrons. The predicted octanol–water partition coefficient (Wildman–Crippen LogP) is 3.07. The number of fused-ring (bicyclic) bond motifs is 1. The van der Waals surface area contributed by atoms with Crippen LogP contribution in [0.15, 0.2) is 22.7 Å². The lowest BCUT2D eigenvalue weighted by Gasteiger charge is -2.36. The van der Waals surface area contributed by atoms with E-state index in [1.807, 2.05) is 6.07 Å². The molecule has 0 spiro atoms. The van der Waals surface area contributed by atoms with Gasteiger partial charge in [-0.2, -0.15) is 15.5 Å². The summed E-state index contributed by atoms with van der Waals surface area (Å²) in [5, 5.41) is 27.4. The lowest BCUT2D eigenvalue weighted by atomic mass is 10.0. The monoisotopic (exact) mass is 443 g/mol. The number of piperidine rings is 1. The Labute approximate surface area is 192 Å². The molecule has 2 aromatic heterocycles. The maximum Gasteiger partial charge on any atom is 0.261 e. The fourth-order valence-corrected chi connectivity index (χ4v) is 4.70. The minimum Gasteiger partial charge on any atom is -0.380 e. The number of pyridine rings is 1. The Morgan fingerprint density at radius 1 is 1.06 bits per heavy atom. The summed E-state index contributed by atoms with van der Waals surface area (Å²) in [5.74, 6) is 1.65. The summed E-state index contributed by atoms with van der Waals surface area (Å²) in [6.45, 7) is 5.07. The predicted molar refractivity (Wildman–Crippen MR) is 121 cm³/mol. The number of rotatable bonds is 4. The molecule has 5 rings (SSSR count). The lowest BCUT2D eigenvalue weighted by Crippen LogP contribution is -2.48. The number of aromatic nitrogens is 3. The molecule has 0 unspecified atom stereocenters. The average molecular weight is 444 g/mol. The molecule has 2 saturated heterocycles. The second kappa shape index (κ2) is 9.14. The lowest BCUT2D eigenvalue weighted by molar-refractivity contribution is 0.0650. The Kier molecular flexibility index (Phi) is 5.91. The SMILES string of the molecule is Cc1noc(-c2cc3cc(C#N)cc(C#N)c3nc2N2CCC(N[C@@H]3CCCOC3)CC2)n1. The topological polar surface area (TPSA) is 124 Å². The van der Waals surface area contributed by atoms with E-state index in [0.717, 1.165) is 57.8 Å². The van der Waals surface area contributed by atoms with E-state index >= 15 is 0 Å². The maximum atomic E-state index is 9.66. The van der Waals surface area contributed by atoms with Crippen molar-refractivity contribution in [3.8, 4) is 23.6 Å². The van der Waals surface area contributed by atoms with Crippen molar-refractivity contribution in [1.29, 1.82) is 10.5 Å². The molecule has 2 fully saturated rings. The van der Waals surface area contributed by atoms with Crippen LogP contribution >= 0.6 is 0 Å². The Bertz CT molecular complexity index is 1240. The van der Waals surface area contributed by atoms with Crippen molar-refractivity contribution in [3.05, 3.63) is 35.2 Å². The zero-order valence-corrected chi connectivity index (χ0v) is 18.5. The number of ether oxygens (including phenoxy) is 1.